The van der Waals surface area contributed by atoms with E-state index in [0.29, 0.717) is 26.1 Å². The molecule has 0 atom stereocenters. The Morgan fingerprint density at radius 3 is 3.06 bits per heavy atom. The summed E-state index contributed by atoms with van der Waals surface area (Å²) in [4.78, 5) is 28.0. The lowest BCUT2D eigenvalue weighted by molar-refractivity contribution is -0.137. The van der Waals surface area contributed by atoms with Gasteiger partial charge in [0.2, 0.25) is 0 Å². The van der Waals surface area contributed by atoms with Crippen molar-refractivity contribution in [2.75, 3.05) is 13.1 Å². The molecular formula is C11H16N4O3. The van der Waals surface area contributed by atoms with Gasteiger partial charge in [0.25, 0.3) is 0 Å². The Bertz CT molecular complexity index is 443. The number of amides is 2. The Morgan fingerprint density at radius 2 is 2.28 bits per heavy atom. The van der Waals surface area contributed by atoms with Gasteiger partial charge in [-0.1, -0.05) is 0 Å². The van der Waals surface area contributed by atoms with E-state index >= 15 is 0 Å². The van der Waals surface area contributed by atoms with Crippen molar-refractivity contribution in [3.05, 3.63) is 18.2 Å². The number of hydrogen-bond acceptors (Lipinski definition) is 3. The first-order valence-corrected chi connectivity index (χ1v) is 5.91. The number of carboxylic acids is 1. The van der Waals surface area contributed by atoms with E-state index in [2.05, 4.69) is 10.3 Å². The summed E-state index contributed by atoms with van der Waals surface area (Å²) in [5.74, 6) is 0.0335. The van der Waals surface area contributed by atoms with E-state index < -0.39 is 5.97 Å². The van der Waals surface area contributed by atoms with Crippen LogP contribution in [0.2, 0.25) is 0 Å². The first-order chi connectivity index (χ1) is 8.66. The maximum Gasteiger partial charge on any atom is 0.317 e. The van der Waals surface area contributed by atoms with Crippen LogP contribution in [0.25, 0.3) is 0 Å². The maximum absolute atomic E-state index is 11.8. The zero-order chi connectivity index (χ0) is 13.0. The number of carbonyl (C=O) groups is 2. The van der Waals surface area contributed by atoms with Crippen molar-refractivity contribution in [3.63, 3.8) is 0 Å². The average molecular weight is 252 g/mol. The summed E-state index contributed by atoms with van der Waals surface area (Å²) in [6, 6.07) is -0.158. The Kier molecular flexibility index (Phi) is 3.81. The fourth-order valence-corrected chi connectivity index (χ4v) is 1.89. The molecule has 0 saturated carbocycles. The molecule has 2 rings (SSSR count). The quantitative estimate of drug-likeness (QED) is 0.753. The molecule has 7 heteroatoms. The number of rotatable bonds is 4. The van der Waals surface area contributed by atoms with Gasteiger partial charge in [0.15, 0.2) is 0 Å². The maximum atomic E-state index is 11.8. The highest BCUT2D eigenvalue weighted by atomic mass is 16.4. The molecule has 2 heterocycles. The Morgan fingerprint density at radius 1 is 1.44 bits per heavy atom. The number of carboxylic acid groups (broad SMARTS) is 1. The van der Waals surface area contributed by atoms with E-state index in [1.54, 1.807) is 11.1 Å². The molecule has 0 aromatic carbocycles. The van der Waals surface area contributed by atoms with Gasteiger partial charge in [-0.3, -0.25) is 4.79 Å². The van der Waals surface area contributed by atoms with Crippen molar-refractivity contribution in [3.8, 4) is 0 Å². The van der Waals surface area contributed by atoms with E-state index in [1.165, 1.54) is 0 Å². The molecule has 1 aliphatic rings. The summed E-state index contributed by atoms with van der Waals surface area (Å²) < 4.78 is 2.02. The van der Waals surface area contributed by atoms with Crippen molar-refractivity contribution in [1.29, 1.82) is 0 Å². The van der Waals surface area contributed by atoms with Gasteiger partial charge in [0, 0.05) is 38.4 Å². The van der Waals surface area contributed by atoms with Crippen LogP contribution < -0.4 is 5.32 Å². The lowest BCUT2D eigenvalue weighted by atomic mass is 10.3. The third-order valence-electron chi connectivity index (χ3n) is 2.88. The van der Waals surface area contributed by atoms with Gasteiger partial charge in [-0.25, -0.2) is 9.78 Å². The van der Waals surface area contributed by atoms with Crippen LogP contribution in [0, 0.1) is 0 Å². The van der Waals surface area contributed by atoms with E-state index in [1.807, 2.05) is 10.8 Å². The van der Waals surface area contributed by atoms with Crippen LogP contribution in [-0.4, -0.2) is 44.6 Å². The van der Waals surface area contributed by atoms with Crippen LogP contribution in [0.3, 0.4) is 0 Å². The van der Waals surface area contributed by atoms with Crippen molar-refractivity contribution in [1.82, 2.24) is 19.8 Å². The van der Waals surface area contributed by atoms with Crippen LogP contribution in [0.1, 0.15) is 18.7 Å². The summed E-state index contributed by atoms with van der Waals surface area (Å²) in [5.41, 5.74) is 0. The van der Waals surface area contributed by atoms with Crippen LogP contribution >= 0.6 is 0 Å². The third-order valence-corrected chi connectivity index (χ3v) is 2.88. The van der Waals surface area contributed by atoms with Crippen molar-refractivity contribution in [2.24, 2.45) is 0 Å². The second kappa shape index (κ2) is 5.52. The highest BCUT2D eigenvalue weighted by molar-refractivity contribution is 5.74. The molecule has 0 aliphatic carbocycles. The van der Waals surface area contributed by atoms with Gasteiger partial charge in [-0.05, 0) is 6.42 Å². The molecule has 0 spiro atoms. The molecule has 0 bridgehead atoms. The number of nitrogens with one attached hydrogen (secondary N) is 1. The first kappa shape index (κ1) is 12.4. The minimum atomic E-state index is -0.843. The number of aliphatic carboxylic acids is 1. The fraction of sp³-hybridized carbons (Fsp3) is 0.545. The summed E-state index contributed by atoms with van der Waals surface area (Å²) in [6.07, 6.45) is 4.15. The number of imidazole rings is 1. The minimum Gasteiger partial charge on any atom is -0.481 e. The predicted molar refractivity (Wildman–Crippen MR) is 62.9 cm³/mol. The van der Waals surface area contributed by atoms with Crippen LogP contribution in [0.5, 0.6) is 0 Å². The molecule has 0 unspecified atom stereocenters. The van der Waals surface area contributed by atoms with Gasteiger partial charge < -0.3 is 19.9 Å². The third kappa shape index (κ3) is 2.99. The Balaban J connectivity index is 1.75. The van der Waals surface area contributed by atoms with Crippen LogP contribution in [-0.2, 0) is 17.9 Å². The molecule has 2 N–H and O–H groups in total. The van der Waals surface area contributed by atoms with Crippen LogP contribution in [0.15, 0.2) is 12.4 Å². The van der Waals surface area contributed by atoms with E-state index in [0.717, 1.165) is 12.4 Å². The van der Waals surface area contributed by atoms with E-state index in [4.69, 9.17) is 5.11 Å². The van der Waals surface area contributed by atoms with Crippen LogP contribution in [0.4, 0.5) is 4.79 Å². The fourth-order valence-electron chi connectivity index (χ4n) is 1.89. The summed E-state index contributed by atoms with van der Waals surface area (Å²) in [7, 11) is 0. The zero-order valence-corrected chi connectivity index (χ0v) is 10.0. The van der Waals surface area contributed by atoms with Crippen molar-refractivity contribution < 1.29 is 14.7 Å². The SMILES string of the molecule is O=C(O)CCCNC(=O)N1CCn2ccnc2C1. The summed E-state index contributed by atoms with van der Waals surface area (Å²) in [5, 5.41) is 11.2. The number of hydrogen-bond donors (Lipinski definition) is 2. The molecule has 1 aromatic rings. The van der Waals surface area contributed by atoms with Crippen molar-refractivity contribution in [2.45, 2.75) is 25.9 Å². The molecule has 1 aliphatic heterocycles. The summed E-state index contributed by atoms with van der Waals surface area (Å²) >= 11 is 0. The molecule has 7 nitrogen and oxygen atoms in total. The Hall–Kier alpha value is -2.05. The molecule has 1 aromatic heterocycles. The monoisotopic (exact) mass is 252 g/mol. The highest BCUT2D eigenvalue weighted by Crippen LogP contribution is 2.09. The molecule has 0 saturated heterocycles. The lowest BCUT2D eigenvalue weighted by Gasteiger charge is -2.27. The zero-order valence-electron chi connectivity index (χ0n) is 10.0. The molecule has 0 fully saturated rings. The van der Waals surface area contributed by atoms with Crippen molar-refractivity contribution >= 4 is 12.0 Å². The average Bonchev–Trinajstić information content (AvgIpc) is 2.81. The second-order valence-electron chi connectivity index (χ2n) is 4.19. The number of carbonyl (C=O) groups excluding carboxylic acids is 1. The minimum absolute atomic E-state index is 0.0741. The van der Waals surface area contributed by atoms with Gasteiger partial charge in [0.05, 0.1) is 6.54 Å². The first-order valence-electron chi connectivity index (χ1n) is 5.91. The highest BCUT2D eigenvalue weighted by Gasteiger charge is 2.20. The van der Waals surface area contributed by atoms with E-state index in [9.17, 15) is 9.59 Å². The molecule has 2 amide bonds. The van der Waals surface area contributed by atoms with Gasteiger partial charge in [-0.2, -0.15) is 0 Å². The molecule has 18 heavy (non-hydrogen) atoms. The van der Waals surface area contributed by atoms with E-state index in [-0.39, 0.29) is 12.5 Å². The number of nitrogens with zero attached hydrogens (tertiary/aromatic N) is 3. The largest absolute Gasteiger partial charge is 0.481 e. The number of fused-ring (bicyclic) bond motifs is 1. The topological polar surface area (TPSA) is 87.5 Å². The normalized spacial score (nSPS) is 14.1. The smallest absolute Gasteiger partial charge is 0.317 e. The lowest BCUT2D eigenvalue weighted by Crippen LogP contribution is -2.44. The van der Waals surface area contributed by atoms with Gasteiger partial charge in [0.1, 0.15) is 5.82 Å². The predicted octanol–water partition coefficient (Wildman–Crippen LogP) is 0.273. The van der Waals surface area contributed by atoms with Gasteiger partial charge >= 0.3 is 12.0 Å². The molecule has 0 radical (unpaired) electrons. The molecule has 98 valence electrons. The second-order valence-corrected chi connectivity index (χ2v) is 4.19. The molecular weight excluding hydrogens is 236 g/mol. The van der Waals surface area contributed by atoms with Gasteiger partial charge in [-0.15, -0.1) is 0 Å². The summed E-state index contributed by atoms with van der Waals surface area (Å²) in [6.45, 7) is 2.28. The number of aromatic nitrogens is 2. The number of urea groups is 1. The standard InChI is InChI=1S/C11H16N4O3/c16-10(17)2-1-3-13-11(18)15-7-6-14-5-4-12-9(14)8-15/h4-5H,1-3,6-8H2,(H,13,18)(H,16,17). The Labute approximate surface area is 104 Å².